The van der Waals surface area contributed by atoms with Crippen LogP contribution in [-0.2, 0) is 26.2 Å². The Morgan fingerprint density at radius 2 is 0.480 bits per heavy atom. The average molecular weight is 651 g/mol. The maximum absolute atomic E-state index is 2.23. The van der Waals surface area contributed by atoms with Crippen molar-refractivity contribution in [1.29, 1.82) is 0 Å². The van der Waals surface area contributed by atoms with Gasteiger partial charge in [-0.2, -0.15) is 0 Å². The number of hydrogen-bond donors (Lipinski definition) is 0. The first-order valence-electron chi connectivity index (χ1n) is 17.2. The molecule has 7 aromatic rings. The van der Waals surface area contributed by atoms with E-state index in [0.29, 0.717) is 0 Å². The average Bonchev–Trinajstić information content (AvgIpc) is 3.17. The van der Waals surface area contributed by atoms with Crippen LogP contribution in [0.4, 0.5) is 0 Å². The molecule has 0 aliphatic rings. The first-order valence-corrected chi connectivity index (χ1v) is 17.2. The van der Waals surface area contributed by atoms with Crippen LogP contribution in [0.3, 0.4) is 0 Å². The van der Waals surface area contributed by atoms with E-state index in [1.807, 2.05) is 0 Å². The van der Waals surface area contributed by atoms with Crippen LogP contribution in [-0.4, -0.2) is 0 Å². The number of nitrogens with zero attached hydrogens (tertiary/aromatic N) is 4. The van der Waals surface area contributed by atoms with Gasteiger partial charge in [0.1, 0.15) is 0 Å². The fourth-order valence-electron chi connectivity index (χ4n) is 5.89. The molecule has 7 rings (SSSR count). The third kappa shape index (κ3) is 9.42. The second kappa shape index (κ2) is 16.2. The van der Waals surface area contributed by atoms with Crippen LogP contribution >= 0.6 is 0 Å². The van der Waals surface area contributed by atoms with E-state index in [1.165, 1.54) is 44.5 Å². The summed E-state index contributed by atoms with van der Waals surface area (Å²) in [4.78, 5) is 0. The van der Waals surface area contributed by atoms with Gasteiger partial charge in [-0.05, 0) is 22.3 Å². The zero-order valence-electron chi connectivity index (χ0n) is 28.2. The highest BCUT2D eigenvalue weighted by atomic mass is 14.9. The molecule has 0 saturated heterocycles. The molecule has 4 heterocycles. The number of hydrogen-bond acceptors (Lipinski definition) is 0. The zero-order chi connectivity index (χ0) is 33.8. The van der Waals surface area contributed by atoms with E-state index in [0.717, 1.165) is 26.2 Å². The van der Waals surface area contributed by atoms with E-state index in [1.54, 1.807) is 0 Å². The van der Waals surface area contributed by atoms with E-state index in [2.05, 4.69) is 226 Å². The van der Waals surface area contributed by atoms with Gasteiger partial charge < -0.3 is 0 Å². The predicted octanol–water partition coefficient (Wildman–Crippen LogP) is 7.37. The second-order valence-electron chi connectivity index (χ2n) is 12.7. The lowest BCUT2D eigenvalue weighted by Gasteiger charge is -2.02. The quantitative estimate of drug-likeness (QED) is 0.123. The molecule has 0 radical (unpaired) electrons. The second-order valence-corrected chi connectivity index (χ2v) is 12.7. The van der Waals surface area contributed by atoms with Crippen molar-refractivity contribution in [3.05, 3.63) is 228 Å². The Morgan fingerprint density at radius 1 is 0.260 bits per heavy atom. The molecule has 4 aromatic heterocycles. The Bertz CT molecular complexity index is 1980. The Hall–Kier alpha value is -6.26. The molecule has 0 saturated carbocycles. The molecule has 0 spiro atoms. The molecule has 0 aliphatic carbocycles. The molecule has 242 valence electrons. The summed E-state index contributed by atoms with van der Waals surface area (Å²) in [6.45, 7) is 3.44. The fraction of sp³-hybridized carbons (Fsp3) is 0.0870. The molecular formula is C46H42N4+4. The van der Waals surface area contributed by atoms with Crippen molar-refractivity contribution in [3.63, 3.8) is 0 Å². The Kier molecular flexibility index (Phi) is 10.5. The molecule has 0 fully saturated rings. The van der Waals surface area contributed by atoms with E-state index < -0.39 is 0 Å². The minimum atomic E-state index is 0.840. The smallest absolute Gasteiger partial charge is 0.173 e. The van der Waals surface area contributed by atoms with Gasteiger partial charge in [-0.25, -0.2) is 18.3 Å². The molecular weight excluding hydrogens is 609 g/mol. The van der Waals surface area contributed by atoms with Gasteiger partial charge in [0.2, 0.25) is 0 Å². The molecule has 50 heavy (non-hydrogen) atoms. The molecule has 0 atom stereocenters. The summed E-state index contributed by atoms with van der Waals surface area (Å²) in [6.07, 6.45) is 25.8. The third-order valence-electron chi connectivity index (χ3n) is 8.77. The molecule has 0 aliphatic heterocycles. The van der Waals surface area contributed by atoms with Crippen molar-refractivity contribution in [2.75, 3.05) is 0 Å². The standard InChI is InChI=1S/C46H42N4/c1-3-7-43(8-4-1)35-47-27-19-39(20-28-47)11-13-41-23-31-49(32-24-41)37-45-15-17-46(18-16-45)38-50-33-25-42(26-34-50)14-12-40-21-29-48(30-22-40)36-44-9-5-2-6-10-44/h1-34H,35-38H2/q+4/b13-11+,14-12+. The summed E-state index contributed by atoms with van der Waals surface area (Å²) in [5.41, 5.74) is 9.92. The summed E-state index contributed by atoms with van der Waals surface area (Å²) in [5, 5.41) is 0. The molecule has 0 N–H and O–H groups in total. The first kappa shape index (κ1) is 32.3. The van der Waals surface area contributed by atoms with E-state index in [-0.39, 0.29) is 0 Å². The minimum Gasteiger partial charge on any atom is -0.201 e. The van der Waals surface area contributed by atoms with Gasteiger partial charge in [0, 0.05) is 70.8 Å². The Labute approximate surface area is 295 Å². The van der Waals surface area contributed by atoms with Crippen LogP contribution in [0.15, 0.2) is 183 Å². The van der Waals surface area contributed by atoms with Crippen LogP contribution in [0.25, 0.3) is 24.3 Å². The lowest BCUT2D eigenvalue weighted by molar-refractivity contribution is -0.689. The molecule has 4 heteroatoms. The van der Waals surface area contributed by atoms with Crippen molar-refractivity contribution < 1.29 is 18.3 Å². The molecule has 0 amide bonds. The fourth-order valence-corrected chi connectivity index (χ4v) is 5.89. The molecule has 4 nitrogen and oxygen atoms in total. The molecule has 3 aromatic carbocycles. The maximum atomic E-state index is 2.23. The first-order chi connectivity index (χ1) is 24.7. The maximum Gasteiger partial charge on any atom is 0.173 e. The number of aromatic nitrogens is 4. The number of benzene rings is 3. The summed E-state index contributed by atoms with van der Waals surface area (Å²) in [7, 11) is 0. The van der Waals surface area contributed by atoms with Crippen molar-refractivity contribution in [2.45, 2.75) is 26.2 Å². The highest BCUT2D eigenvalue weighted by Gasteiger charge is 2.07. The minimum absolute atomic E-state index is 0.840. The molecule has 0 unspecified atom stereocenters. The monoisotopic (exact) mass is 650 g/mol. The van der Waals surface area contributed by atoms with Crippen LogP contribution < -0.4 is 18.3 Å². The van der Waals surface area contributed by atoms with Crippen molar-refractivity contribution in [3.8, 4) is 0 Å². The Morgan fingerprint density at radius 3 is 0.720 bits per heavy atom. The van der Waals surface area contributed by atoms with Gasteiger partial charge in [-0.1, -0.05) is 109 Å². The highest BCUT2D eigenvalue weighted by Crippen LogP contribution is 2.09. The van der Waals surface area contributed by atoms with Crippen LogP contribution in [0.5, 0.6) is 0 Å². The van der Waals surface area contributed by atoms with Crippen LogP contribution in [0.2, 0.25) is 0 Å². The van der Waals surface area contributed by atoms with Crippen LogP contribution in [0, 0.1) is 0 Å². The summed E-state index contributed by atoms with van der Waals surface area (Å²) >= 11 is 0. The van der Waals surface area contributed by atoms with Gasteiger partial charge in [0.25, 0.3) is 0 Å². The van der Waals surface area contributed by atoms with Gasteiger partial charge in [-0.3, -0.25) is 0 Å². The molecule has 0 bridgehead atoms. The summed E-state index contributed by atoms with van der Waals surface area (Å²) < 4.78 is 8.85. The van der Waals surface area contributed by atoms with Crippen molar-refractivity contribution in [1.82, 2.24) is 0 Å². The summed E-state index contributed by atoms with van der Waals surface area (Å²) in [5.74, 6) is 0. The predicted molar refractivity (Wildman–Crippen MR) is 200 cm³/mol. The topological polar surface area (TPSA) is 15.5 Å². The van der Waals surface area contributed by atoms with Crippen LogP contribution in [0.1, 0.15) is 44.5 Å². The lowest BCUT2D eigenvalue weighted by atomic mass is 10.1. The van der Waals surface area contributed by atoms with E-state index >= 15 is 0 Å². The highest BCUT2D eigenvalue weighted by molar-refractivity contribution is 5.69. The van der Waals surface area contributed by atoms with E-state index in [4.69, 9.17) is 0 Å². The van der Waals surface area contributed by atoms with Gasteiger partial charge in [0.05, 0.1) is 0 Å². The van der Waals surface area contributed by atoms with E-state index in [9.17, 15) is 0 Å². The SMILES string of the molecule is C(=C\c1cc[n+](Cc2ccc(C[n+]3ccc(/C=C/c4cc[n+](Cc5ccccc5)cc4)cc3)cc2)cc1)/c1cc[n+](Cc2ccccc2)cc1. The zero-order valence-corrected chi connectivity index (χ0v) is 28.2. The normalized spacial score (nSPS) is 11.4. The van der Waals surface area contributed by atoms with Gasteiger partial charge in [0.15, 0.2) is 75.8 Å². The van der Waals surface area contributed by atoms with Crippen molar-refractivity contribution >= 4 is 24.3 Å². The summed E-state index contributed by atoms with van der Waals surface area (Å²) in [6, 6.07) is 47.3. The van der Waals surface area contributed by atoms with Gasteiger partial charge >= 0.3 is 0 Å². The number of pyridine rings is 4. The lowest BCUT2D eigenvalue weighted by Crippen LogP contribution is -2.34. The van der Waals surface area contributed by atoms with Gasteiger partial charge in [-0.15, -0.1) is 0 Å². The Balaban J connectivity index is 0.872. The number of rotatable bonds is 12. The van der Waals surface area contributed by atoms with Crippen molar-refractivity contribution in [2.24, 2.45) is 0 Å². The largest absolute Gasteiger partial charge is 0.201 e. The third-order valence-corrected chi connectivity index (χ3v) is 8.77.